The summed E-state index contributed by atoms with van der Waals surface area (Å²) in [4.78, 5) is 15.9. The molecule has 0 aliphatic carbocycles. The van der Waals surface area contributed by atoms with Gasteiger partial charge in [-0.2, -0.15) is 0 Å². The second-order valence-electron chi connectivity index (χ2n) is 3.99. The highest BCUT2D eigenvalue weighted by molar-refractivity contribution is 5.92. The van der Waals surface area contributed by atoms with Gasteiger partial charge < -0.3 is 9.73 Å². The van der Waals surface area contributed by atoms with Gasteiger partial charge in [-0.25, -0.2) is 4.98 Å². The van der Waals surface area contributed by atoms with Gasteiger partial charge in [0.15, 0.2) is 5.58 Å². The van der Waals surface area contributed by atoms with E-state index in [0.29, 0.717) is 17.6 Å². The molecule has 4 heteroatoms. The maximum Gasteiger partial charge on any atom is 0.307 e. The van der Waals surface area contributed by atoms with Gasteiger partial charge in [-0.15, -0.1) is 0 Å². The van der Waals surface area contributed by atoms with Gasteiger partial charge in [0.05, 0.1) is 0 Å². The Morgan fingerprint density at radius 3 is 2.32 bits per heavy atom. The highest BCUT2D eigenvalue weighted by atomic mass is 16.4. The van der Waals surface area contributed by atoms with Crippen molar-refractivity contribution in [3.63, 3.8) is 0 Å². The summed E-state index contributed by atoms with van der Waals surface area (Å²) in [6.45, 7) is 14.5. The number of oxazole rings is 1. The first-order valence-corrected chi connectivity index (χ1v) is 9.23. The average molecular weight is 347 g/mol. The summed E-state index contributed by atoms with van der Waals surface area (Å²) in [5.41, 5.74) is 1.32. The maximum atomic E-state index is 11.8. The molecule has 1 aromatic carbocycles. The van der Waals surface area contributed by atoms with Crippen molar-refractivity contribution in [3.05, 3.63) is 54.5 Å². The maximum absolute atomic E-state index is 11.8. The summed E-state index contributed by atoms with van der Waals surface area (Å²) in [5.74, 6) is -0.172. The van der Waals surface area contributed by atoms with Gasteiger partial charge in [-0.05, 0) is 25.5 Å². The fourth-order valence-corrected chi connectivity index (χ4v) is 1.60. The van der Waals surface area contributed by atoms with Crippen molar-refractivity contribution < 1.29 is 9.21 Å². The van der Waals surface area contributed by atoms with E-state index in [0.717, 1.165) is 6.42 Å². The van der Waals surface area contributed by atoms with Crippen molar-refractivity contribution >= 4 is 17.0 Å². The van der Waals surface area contributed by atoms with Crippen LogP contribution in [0, 0.1) is 0 Å². The number of hydrogen-bond donors (Lipinski definition) is 1. The smallest absolute Gasteiger partial charge is 0.307 e. The molecule has 0 atom stereocenters. The summed E-state index contributed by atoms with van der Waals surface area (Å²) in [6.07, 6.45) is 8.62. The minimum atomic E-state index is -0.282. The normalized spacial score (nSPS) is 9.56. The monoisotopic (exact) mass is 346 g/mol. The van der Waals surface area contributed by atoms with Gasteiger partial charge in [-0.3, -0.25) is 4.79 Å². The van der Waals surface area contributed by atoms with E-state index in [2.05, 4.69) is 10.3 Å². The van der Waals surface area contributed by atoms with Crippen LogP contribution in [0.5, 0.6) is 0 Å². The molecule has 0 bridgehead atoms. The van der Waals surface area contributed by atoms with Crippen molar-refractivity contribution in [2.45, 2.75) is 54.9 Å². The summed E-state index contributed by atoms with van der Waals surface area (Å²) >= 11 is 0. The molecule has 140 valence electrons. The van der Waals surface area contributed by atoms with Gasteiger partial charge in [0.25, 0.3) is 5.89 Å². The number of carbonyl (C=O) groups excluding carboxylic acids is 1. The van der Waals surface area contributed by atoms with E-state index >= 15 is 0 Å². The molecule has 0 saturated carbocycles. The zero-order chi connectivity index (χ0) is 19.5. The topological polar surface area (TPSA) is 55.1 Å². The lowest BCUT2D eigenvalue weighted by atomic mass is 10.3. The summed E-state index contributed by atoms with van der Waals surface area (Å²) in [7, 11) is 0. The zero-order valence-corrected chi connectivity index (χ0v) is 16.8. The molecule has 1 amide bonds. The number of hydrogen-bond acceptors (Lipinski definition) is 3. The molecule has 0 spiro atoms. The number of fused-ring (bicyclic) bond motifs is 1. The minimum Gasteiger partial charge on any atom is -0.432 e. The van der Waals surface area contributed by atoms with Gasteiger partial charge in [0, 0.05) is 6.54 Å². The predicted molar refractivity (Wildman–Crippen MR) is 109 cm³/mol. The van der Waals surface area contributed by atoms with Crippen LogP contribution in [0.15, 0.2) is 53.0 Å². The molecule has 0 radical (unpaired) electrons. The molecule has 25 heavy (non-hydrogen) atoms. The van der Waals surface area contributed by atoms with Crippen LogP contribution >= 0.6 is 0 Å². The van der Waals surface area contributed by atoms with Gasteiger partial charge >= 0.3 is 5.91 Å². The molecule has 0 fully saturated rings. The molecule has 1 aromatic heterocycles. The minimum absolute atomic E-state index is 0.110. The summed E-state index contributed by atoms with van der Waals surface area (Å²) < 4.78 is 5.37. The average Bonchev–Trinajstić information content (AvgIpc) is 3.13. The Balaban J connectivity index is 0. The molecule has 4 nitrogen and oxygen atoms in total. The highest BCUT2D eigenvalue weighted by Gasteiger charge is 2.12. The van der Waals surface area contributed by atoms with E-state index in [1.807, 2.05) is 91.0 Å². The van der Waals surface area contributed by atoms with Crippen LogP contribution in [-0.2, 0) is 0 Å². The Bertz CT molecular complexity index is 580. The SMILES string of the molecule is C/C=C\C=C/CCNC(=O)c1nc2ccccc2o1.CC.CC.CC. The van der Waals surface area contributed by atoms with Crippen LogP contribution in [0.2, 0.25) is 0 Å². The molecule has 0 unspecified atom stereocenters. The van der Waals surface area contributed by atoms with Crippen LogP contribution in [0.4, 0.5) is 0 Å². The Labute approximate surface area is 153 Å². The number of nitrogens with zero attached hydrogens (tertiary/aromatic N) is 1. The summed E-state index contributed by atoms with van der Waals surface area (Å²) in [6, 6.07) is 7.31. The Kier molecular flexibility index (Phi) is 17.9. The van der Waals surface area contributed by atoms with Gasteiger partial charge in [-0.1, -0.05) is 78.0 Å². The van der Waals surface area contributed by atoms with Gasteiger partial charge in [0.1, 0.15) is 5.52 Å². The fraction of sp³-hybridized carbons (Fsp3) is 0.429. The Morgan fingerprint density at radius 2 is 1.72 bits per heavy atom. The zero-order valence-electron chi connectivity index (χ0n) is 16.8. The predicted octanol–water partition coefficient (Wildman–Crippen LogP) is 6.16. The molecule has 1 heterocycles. The molecule has 0 aliphatic heterocycles. The number of para-hydroxylation sites is 2. The van der Waals surface area contributed by atoms with E-state index < -0.39 is 0 Å². The third-order valence-electron chi connectivity index (χ3n) is 2.52. The van der Waals surface area contributed by atoms with Crippen molar-refractivity contribution in [2.24, 2.45) is 0 Å². The van der Waals surface area contributed by atoms with E-state index in [4.69, 9.17) is 4.42 Å². The molecular formula is C21H34N2O2. The lowest BCUT2D eigenvalue weighted by Gasteiger charge is -1.98. The number of aromatic nitrogens is 1. The first kappa shape index (κ1) is 24.9. The number of nitrogens with one attached hydrogen (secondary N) is 1. The Hall–Kier alpha value is -2.36. The second kappa shape index (κ2) is 18.0. The van der Waals surface area contributed by atoms with E-state index in [1.165, 1.54) is 0 Å². The van der Waals surface area contributed by atoms with E-state index in [1.54, 1.807) is 6.07 Å². The number of amides is 1. The van der Waals surface area contributed by atoms with E-state index in [-0.39, 0.29) is 11.8 Å². The standard InChI is InChI=1S/C15H16N2O2.3C2H6/c1-2-3-4-5-8-11-16-14(18)15-17-12-9-6-7-10-13(12)19-15;3*1-2/h2-7,9-10H,8,11H2,1H3,(H,16,18);3*1-2H3/b3-2-,5-4-;;;. The van der Waals surface area contributed by atoms with Crippen LogP contribution in [0.3, 0.4) is 0 Å². The first-order chi connectivity index (χ1) is 12.3. The van der Waals surface area contributed by atoms with Crippen LogP contribution in [0.1, 0.15) is 65.6 Å². The lowest BCUT2D eigenvalue weighted by molar-refractivity contribution is 0.0922. The number of carbonyl (C=O) groups is 1. The molecule has 2 rings (SSSR count). The molecular weight excluding hydrogens is 312 g/mol. The van der Waals surface area contributed by atoms with Crippen LogP contribution in [-0.4, -0.2) is 17.4 Å². The summed E-state index contributed by atoms with van der Waals surface area (Å²) in [5, 5.41) is 2.77. The largest absolute Gasteiger partial charge is 0.432 e. The van der Waals surface area contributed by atoms with Crippen molar-refractivity contribution in [1.29, 1.82) is 0 Å². The third-order valence-corrected chi connectivity index (χ3v) is 2.52. The molecule has 0 saturated heterocycles. The molecule has 0 aliphatic rings. The fourth-order valence-electron chi connectivity index (χ4n) is 1.60. The number of allylic oxidation sites excluding steroid dienone is 3. The van der Waals surface area contributed by atoms with Crippen molar-refractivity contribution in [2.75, 3.05) is 6.54 Å². The number of benzene rings is 1. The number of rotatable bonds is 5. The van der Waals surface area contributed by atoms with E-state index in [9.17, 15) is 4.79 Å². The van der Waals surface area contributed by atoms with Crippen molar-refractivity contribution in [3.8, 4) is 0 Å². The van der Waals surface area contributed by atoms with Crippen molar-refractivity contribution in [1.82, 2.24) is 10.3 Å². The van der Waals surface area contributed by atoms with Crippen LogP contribution < -0.4 is 5.32 Å². The van der Waals surface area contributed by atoms with Gasteiger partial charge in [0.2, 0.25) is 0 Å². The molecule has 1 N–H and O–H groups in total. The molecule has 2 aromatic rings. The first-order valence-electron chi connectivity index (χ1n) is 9.23. The second-order valence-corrected chi connectivity index (χ2v) is 3.99. The third kappa shape index (κ3) is 10.2. The highest BCUT2D eigenvalue weighted by Crippen LogP contribution is 2.14. The Morgan fingerprint density at radius 1 is 1.08 bits per heavy atom. The lowest BCUT2D eigenvalue weighted by Crippen LogP contribution is -2.24. The van der Waals surface area contributed by atoms with Crippen LogP contribution in [0.25, 0.3) is 11.1 Å². The quantitative estimate of drug-likeness (QED) is 0.521.